The van der Waals surface area contributed by atoms with Gasteiger partial charge in [-0.05, 0) is 38.5 Å². The second-order valence-corrected chi connectivity index (χ2v) is 6.07. The molecule has 0 radical (unpaired) electrons. The molecule has 2 aromatic rings. The van der Waals surface area contributed by atoms with Crippen molar-refractivity contribution in [2.24, 2.45) is 4.99 Å². The third-order valence-corrected chi connectivity index (χ3v) is 3.95. The Balaban J connectivity index is 2.09. The molecule has 0 heterocycles. The van der Waals surface area contributed by atoms with Crippen LogP contribution in [0.5, 0.6) is 11.5 Å². The molecule has 0 bridgehead atoms. The summed E-state index contributed by atoms with van der Waals surface area (Å²) in [6, 6.07) is 13.4. The van der Waals surface area contributed by atoms with Crippen molar-refractivity contribution in [2.45, 2.75) is 26.9 Å². The van der Waals surface area contributed by atoms with E-state index in [1.54, 1.807) is 7.11 Å². The van der Waals surface area contributed by atoms with Gasteiger partial charge in [0.05, 0.1) is 26.4 Å². The monoisotopic (exact) mass is 371 g/mol. The van der Waals surface area contributed by atoms with E-state index in [1.165, 1.54) is 0 Å². The topological polar surface area (TPSA) is 75.1 Å². The molecule has 0 spiro atoms. The highest BCUT2D eigenvalue weighted by Gasteiger charge is 2.09. The quantitative estimate of drug-likeness (QED) is 0.489. The van der Waals surface area contributed by atoms with Crippen molar-refractivity contribution < 1.29 is 14.6 Å². The smallest absolute Gasteiger partial charge is 0.195 e. The molecule has 0 aliphatic heterocycles. The predicted octanol–water partition coefficient (Wildman–Crippen LogP) is 3.51. The van der Waals surface area contributed by atoms with E-state index in [2.05, 4.69) is 15.6 Å². The van der Waals surface area contributed by atoms with Crippen molar-refractivity contribution in [1.29, 1.82) is 0 Å². The maximum absolute atomic E-state index is 10.4. The van der Waals surface area contributed by atoms with Gasteiger partial charge in [-0.3, -0.25) is 0 Å². The van der Waals surface area contributed by atoms with Crippen LogP contribution in [0, 0.1) is 6.92 Å². The summed E-state index contributed by atoms with van der Waals surface area (Å²) >= 11 is 0. The number of nitrogens with one attached hydrogen (secondary N) is 2. The largest absolute Gasteiger partial charge is 0.493 e. The van der Waals surface area contributed by atoms with Crippen LogP contribution in [-0.4, -0.2) is 37.9 Å². The number of methoxy groups -OCH3 is 1. The van der Waals surface area contributed by atoms with Crippen LogP contribution in [0.15, 0.2) is 47.5 Å². The molecule has 0 aliphatic rings. The Morgan fingerprint density at radius 1 is 1.11 bits per heavy atom. The van der Waals surface area contributed by atoms with Gasteiger partial charge in [-0.1, -0.05) is 29.8 Å². The van der Waals surface area contributed by atoms with Crippen molar-refractivity contribution in [2.75, 3.05) is 32.1 Å². The highest BCUT2D eigenvalue weighted by Crippen LogP contribution is 2.30. The van der Waals surface area contributed by atoms with Crippen molar-refractivity contribution >= 4 is 11.6 Å². The number of hydrogen-bond donors (Lipinski definition) is 3. The fraction of sp³-hybridized carbons (Fsp3) is 0.381. The first-order valence-corrected chi connectivity index (χ1v) is 9.18. The standard InChI is InChI=1S/C21H29N3O3/c1-5-22-21(23-14-18(25)16-9-7-15(3)8-10-16)24-17-11-12-19(27-6-2)20(13-17)26-4/h7-13,18,25H,5-6,14H2,1-4H3,(H2,22,23,24). The third kappa shape index (κ3) is 6.18. The van der Waals surface area contributed by atoms with E-state index in [4.69, 9.17) is 9.47 Å². The van der Waals surface area contributed by atoms with Crippen LogP contribution in [-0.2, 0) is 0 Å². The highest BCUT2D eigenvalue weighted by molar-refractivity contribution is 5.93. The highest BCUT2D eigenvalue weighted by atomic mass is 16.5. The summed E-state index contributed by atoms with van der Waals surface area (Å²) in [4.78, 5) is 4.49. The minimum absolute atomic E-state index is 0.257. The Bertz CT molecular complexity index is 745. The second-order valence-electron chi connectivity index (χ2n) is 6.07. The number of aliphatic hydroxyl groups excluding tert-OH is 1. The number of ether oxygens (including phenoxy) is 2. The van der Waals surface area contributed by atoms with Gasteiger partial charge in [0.15, 0.2) is 17.5 Å². The van der Waals surface area contributed by atoms with Crippen molar-refractivity contribution in [3.05, 3.63) is 53.6 Å². The molecule has 0 saturated heterocycles. The van der Waals surface area contributed by atoms with Gasteiger partial charge in [-0.15, -0.1) is 0 Å². The predicted molar refractivity (Wildman–Crippen MR) is 110 cm³/mol. The zero-order chi connectivity index (χ0) is 19.6. The molecule has 1 atom stereocenters. The average molecular weight is 371 g/mol. The first-order valence-electron chi connectivity index (χ1n) is 9.18. The molecule has 0 amide bonds. The molecule has 0 saturated carbocycles. The van der Waals surface area contributed by atoms with Gasteiger partial charge in [0.25, 0.3) is 0 Å². The molecule has 1 unspecified atom stereocenters. The van der Waals surface area contributed by atoms with E-state index >= 15 is 0 Å². The average Bonchev–Trinajstić information content (AvgIpc) is 2.68. The van der Waals surface area contributed by atoms with E-state index in [9.17, 15) is 5.11 Å². The fourth-order valence-corrected chi connectivity index (χ4v) is 2.54. The van der Waals surface area contributed by atoms with Gasteiger partial charge in [0.1, 0.15) is 0 Å². The van der Waals surface area contributed by atoms with Gasteiger partial charge in [-0.2, -0.15) is 0 Å². The van der Waals surface area contributed by atoms with Crippen molar-refractivity contribution in [3.8, 4) is 11.5 Å². The zero-order valence-electron chi connectivity index (χ0n) is 16.5. The summed E-state index contributed by atoms with van der Waals surface area (Å²) < 4.78 is 10.9. The van der Waals surface area contributed by atoms with E-state index in [0.29, 0.717) is 30.6 Å². The Labute approximate surface area is 161 Å². The normalized spacial score (nSPS) is 12.4. The molecular weight excluding hydrogens is 342 g/mol. The molecular formula is C21H29N3O3. The van der Waals surface area contributed by atoms with Crippen LogP contribution in [0.25, 0.3) is 0 Å². The SMILES string of the molecule is CCNC(=NCC(O)c1ccc(C)cc1)Nc1ccc(OCC)c(OC)c1. The minimum atomic E-state index is -0.657. The summed E-state index contributed by atoms with van der Waals surface area (Å²) in [5, 5.41) is 16.8. The van der Waals surface area contributed by atoms with E-state index in [0.717, 1.165) is 16.8 Å². The third-order valence-electron chi connectivity index (χ3n) is 3.95. The van der Waals surface area contributed by atoms with Gasteiger partial charge in [0.2, 0.25) is 0 Å². The number of aliphatic imine (C=N–C) groups is 1. The summed E-state index contributed by atoms with van der Waals surface area (Å²) in [6.45, 7) is 7.48. The van der Waals surface area contributed by atoms with Crippen LogP contribution in [0.1, 0.15) is 31.1 Å². The van der Waals surface area contributed by atoms with Crippen molar-refractivity contribution in [1.82, 2.24) is 5.32 Å². The van der Waals surface area contributed by atoms with Crippen LogP contribution in [0.2, 0.25) is 0 Å². The molecule has 0 fully saturated rings. The lowest BCUT2D eigenvalue weighted by Gasteiger charge is -2.15. The first kappa shape index (κ1) is 20.6. The Kier molecular flexibility index (Phi) is 7.95. The number of guanidine groups is 1. The lowest BCUT2D eigenvalue weighted by molar-refractivity contribution is 0.187. The number of aliphatic hydroxyl groups is 1. The lowest BCUT2D eigenvalue weighted by atomic mass is 10.1. The molecule has 146 valence electrons. The molecule has 2 aromatic carbocycles. The maximum Gasteiger partial charge on any atom is 0.195 e. The molecule has 3 N–H and O–H groups in total. The number of aryl methyl sites for hydroxylation is 1. The molecule has 6 nitrogen and oxygen atoms in total. The van der Waals surface area contributed by atoms with Crippen LogP contribution < -0.4 is 20.1 Å². The summed E-state index contributed by atoms with van der Waals surface area (Å²) in [7, 11) is 1.61. The van der Waals surface area contributed by atoms with Crippen LogP contribution >= 0.6 is 0 Å². The minimum Gasteiger partial charge on any atom is -0.493 e. The fourth-order valence-electron chi connectivity index (χ4n) is 2.54. The zero-order valence-corrected chi connectivity index (χ0v) is 16.5. The molecule has 6 heteroatoms. The summed E-state index contributed by atoms with van der Waals surface area (Å²) in [5.41, 5.74) is 2.83. The molecule has 2 rings (SSSR count). The van der Waals surface area contributed by atoms with Crippen LogP contribution in [0.4, 0.5) is 5.69 Å². The summed E-state index contributed by atoms with van der Waals surface area (Å²) in [5.74, 6) is 1.94. The molecule has 0 aliphatic carbocycles. The number of nitrogens with zero attached hydrogens (tertiary/aromatic N) is 1. The Morgan fingerprint density at radius 3 is 2.48 bits per heavy atom. The molecule has 27 heavy (non-hydrogen) atoms. The number of hydrogen-bond acceptors (Lipinski definition) is 4. The van der Waals surface area contributed by atoms with Gasteiger partial charge in [-0.25, -0.2) is 4.99 Å². The molecule has 0 aromatic heterocycles. The van der Waals surface area contributed by atoms with E-state index in [1.807, 2.05) is 63.2 Å². The summed E-state index contributed by atoms with van der Waals surface area (Å²) in [6.07, 6.45) is -0.657. The number of anilines is 1. The van der Waals surface area contributed by atoms with Gasteiger partial charge < -0.3 is 25.2 Å². The number of rotatable bonds is 8. The lowest BCUT2D eigenvalue weighted by Crippen LogP contribution is -2.31. The Morgan fingerprint density at radius 2 is 1.85 bits per heavy atom. The van der Waals surface area contributed by atoms with E-state index < -0.39 is 6.10 Å². The second kappa shape index (κ2) is 10.4. The van der Waals surface area contributed by atoms with Crippen molar-refractivity contribution in [3.63, 3.8) is 0 Å². The first-order chi connectivity index (χ1) is 13.1. The number of benzene rings is 2. The van der Waals surface area contributed by atoms with Crippen LogP contribution in [0.3, 0.4) is 0 Å². The van der Waals surface area contributed by atoms with Gasteiger partial charge in [0, 0.05) is 18.3 Å². The Hall–Kier alpha value is -2.73. The van der Waals surface area contributed by atoms with E-state index in [-0.39, 0.29) is 6.54 Å². The maximum atomic E-state index is 10.4. The van der Waals surface area contributed by atoms with Gasteiger partial charge >= 0.3 is 0 Å².